The molecule has 0 unspecified atom stereocenters. The molecule has 0 spiro atoms. The zero-order valence-corrected chi connectivity index (χ0v) is 27.4. The van der Waals surface area contributed by atoms with Crippen LogP contribution >= 0.6 is 0 Å². The van der Waals surface area contributed by atoms with Crippen LogP contribution in [-0.4, -0.2) is 35.5 Å². The maximum atomic E-state index is 13.8. The molecule has 1 saturated carbocycles. The third-order valence-corrected chi connectivity index (χ3v) is 9.17. The highest BCUT2D eigenvalue weighted by atomic mass is 16.5. The van der Waals surface area contributed by atoms with Crippen LogP contribution in [0.3, 0.4) is 0 Å². The number of benzene rings is 4. The van der Waals surface area contributed by atoms with Gasteiger partial charge in [-0.05, 0) is 73.6 Å². The molecule has 1 amide bonds. The van der Waals surface area contributed by atoms with Crippen LogP contribution in [0.5, 0.6) is 17.2 Å². The van der Waals surface area contributed by atoms with Crippen molar-refractivity contribution in [3.8, 4) is 17.2 Å². The topological polar surface area (TPSA) is 84.9 Å². The quantitative estimate of drug-likeness (QED) is 0.121. The predicted octanol–water partition coefficient (Wildman–Crippen LogP) is 8.50. The number of ether oxygens (including phenoxy) is 2. The summed E-state index contributed by atoms with van der Waals surface area (Å²) in [6, 6.07) is 34.1. The van der Waals surface area contributed by atoms with Gasteiger partial charge in [-0.1, -0.05) is 110 Å². The minimum absolute atomic E-state index is 0.00320. The molecule has 3 atom stereocenters. The molecule has 6 heteroatoms. The molecular weight excluding hydrogens is 586 g/mol. The molecule has 0 radical (unpaired) electrons. The number of carbonyl (C=O) groups is 2. The van der Waals surface area contributed by atoms with Crippen molar-refractivity contribution in [2.45, 2.75) is 76.9 Å². The Balaban J connectivity index is 1.26. The number of amides is 1. The van der Waals surface area contributed by atoms with Gasteiger partial charge in [0, 0.05) is 12.0 Å². The summed E-state index contributed by atoms with van der Waals surface area (Å²) < 4.78 is 11.8. The molecule has 2 N–H and O–H groups in total. The average molecular weight is 634 g/mol. The fraction of sp³-hybridized carbons (Fsp3) is 0.366. The van der Waals surface area contributed by atoms with Gasteiger partial charge in [0.25, 0.3) is 0 Å². The van der Waals surface area contributed by atoms with Gasteiger partial charge in [-0.2, -0.15) is 0 Å². The van der Waals surface area contributed by atoms with E-state index < -0.39 is 12.1 Å². The summed E-state index contributed by atoms with van der Waals surface area (Å²) in [7, 11) is 0. The normalized spacial score (nSPS) is 15.3. The number of carbonyl (C=O) groups excluding carboxylic acids is 2. The maximum Gasteiger partial charge on any atom is 0.223 e. The lowest BCUT2D eigenvalue weighted by Gasteiger charge is -2.34. The van der Waals surface area contributed by atoms with E-state index in [4.69, 9.17) is 9.47 Å². The number of aliphatic hydroxyl groups is 1. The minimum atomic E-state index is -0.815. The SMILES string of the molecule is Cc1ccc(OCCC(=O)N[C@@H](Cc2ccccc2)[C@@H](O)C[C@@H](CC(=O)c2cccc(Oc3ccccc3)c2)C2CCCCC2)cc1. The molecule has 4 aromatic carbocycles. The minimum Gasteiger partial charge on any atom is -0.493 e. The summed E-state index contributed by atoms with van der Waals surface area (Å²) in [5.41, 5.74) is 2.79. The number of para-hydroxylation sites is 1. The predicted molar refractivity (Wildman–Crippen MR) is 186 cm³/mol. The Morgan fingerprint density at radius 1 is 0.809 bits per heavy atom. The average Bonchev–Trinajstić information content (AvgIpc) is 3.10. The summed E-state index contributed by atoms with van der Waals surface area (Å²) in [4.78, 5) is 26.9. The molecule has 0 heterocycles. The Kier molecular flexibility index (Phi) is 12.6. The van der Waals surface area contributed by atoms with E-state index in [1.165, 1.54) is 6.42 Å². The summed E-state index contributed by atoms with van der Waals surface area (Å²) >= 11 is 0. The fourth-order valence-corrected chi connectivity index (χ4v) is 6.56. The lowest BCUT2D eigenvalue weighted by molar-refractivity contribution is -0.123. The molecule has 1 aliphatic carbocycles. The number of hydrogen-bond donors (Lipinski definition) is 2. The number of ketones is 1. The van der Waals surface area contributed by atoms with Gasteiger partial charge in [0.15, 0.2) is 5.78 Å². The Labute approximate surface area is 279 Å². The van der Waals surface area contributed by atoms with Gasteiger partial charge in [-0.3, -0.25) is 9.59 Å². The highest BCUT2D eigenvalue weighted by Crippen LogP contribution is 2.36. The number of Topliss-reactive ketones (excluding diaryl/α,β-unsaturated/α-hetero) is 1. The van der Waals surface area contributed by atoms with Crippen molar-refractivity contribution in [1.82, 2.24) is 5.32 Å². The molecule has 1 fully saturated rings. The van der Waals surface area contributed by atoms with E-state index in [0.717, 1.165) is 42.6 Å². The van der Waals surface area contributed by atoms with Crippen molar-refractivity contribution >= 4 is 11.7 Å². The standard InChI is InChI=1S/C41H47NO5/c1-30-20-22-35(23-21-30)46-25-24-41(45)42-38(26-31-12-5-2-6-13-31)40(44)29-34(32-14-7-3-8-15-32)28-39(43)33-16-11-19-37(27-33)47-36-17-9-4-10-18-36/h2,4-6,9-13,16-23,27,32,34,38,40,44H,3,7-8,14-15,24-26,28-29H2,1H3,(H,42,45)/t34-,38+,40+/m1/s1. The van der Waals surface area contributed by atoms with Gasteiger partial charge < -0.3 is 19.9 Å². The van der Waals surface area contributed by atoms with E-state index in [1.54, 1.807) is 6.07 Å². The second-order valence-electron chi connectivity index (χ2n) is 12.8. The lowest BCUT2D eigenvalue weighted by Crippen LogP contribution is -2.46. The van der Waals surface area contributed by atoms with Crippen molar-refractivity contribution in [3.05, 3.63) is 126 Å². The van der Waals surface area contributed by atoms with Crippen LogP contribution in [-0.2, 0) is 11.2 Å². The van der Waals surface area contributed by atoms with Gasteiger partial charge in [0.1, 0.15) is 17.2 Å². The molecule has 4 aromatic rings. The third-order valence-electron chi connectivity index (χ3n) is 9.17. The first-order valence-corrected chi connectivity index (χ1v) is 17.0. The van der Waals surface area contributed by atoms with Gasteiger partial charge in [-0.15, -0.1) is 0 Å². The third kappa shape index (κ3) is 10.8. The van der Waals surface area contributed by atoms with Crippen molar-refractivity contribution in [3.63, 3.8) is 0 Å². The molecule has 47 heavy (non-hydrogen) atoms. The van der Waals surface area contributed by atoms with E-state index in [1.807, 2.05) is 110 Å². The second-order valence-corrected chi connectivity index (χ2v) is 12.8. The molecule has 5 rings (SSSR count). The highest BCUT2D eigenvalue weighted by Gasteiger charge is 2.31. The molecule has 1 aliphatic rings. The lowest BCUT2D eigenvalue weighted by atomic mass is 9.74. The molecular formula is C41H47NO5. The first-order chi connectivity index (χ1) is 22.9. The smallest absolute Gasteiger partial charge is 0.223 e. The fourth-order valence-electron chi connectivity index (χ4n) is 6.56. The van der Waals surface area contributed by atoms with Crippen LogP contribution in [0.2, 0.25) is 0 Å². The summed E-state index contributed by atoms with van der Waals surface area (Å²) in [5, 5.41) is 14.9. The Hall–Kier alpha value is -4.42. The van der Waals surface area contributed by atoms with Crippen LogP contribution in [0, 0.1) is 18.8 Å². The molecule has 6 nitrogen and oxygen atoms in total. The first-order valence-electron chi connectivity index (χ1n) is 17.0. The van der Waals surface area contributed by atoms with Crippen LogP contribution in [0.25, 0.3) is 0 Å². The molecule has 0 aromatic heterocycles. The maximum absolute atomic E-state index is 13.8. The number of aryl methyl sites for hydroxylation is 1. The Bertz CT molecular complexity index is 1530. The van der Waals surface area contributed by atoms with E-state index in [2.05, 4.69) is 5.32 Å². The van der Waals surface area contributed by atoms with Crippen LogP contribution < -0.4 is 14.8 Å². The van der Waals surface area contributed by atoms with Gasteiger partial charge >= 0.3 is 0 Å². The van der Waals surface area contributed by atoms with Gasteiger partial charge in [0.05, 0.1) is 25.2 Å². The number of rotatable bonds is 16. The zero-order chi connectivity index (χ0) is 32.8. The van der Waals surface area contributed by atoms with E-state index in [-0.39, 0.29) is 30.6 Å². The number of aliphatic hydroxyl groups excluding tert-OH is 1. The molecule has 246 valence electrons. The summed E-state index contributed by atoms with van der Waals surface area (Å²) in [5.74, 6) is 2.28. The molecule has 0 saturated heterocycles. The molecule has 0 aliphatic heterocycles. The number of nitrogens with one attached hydrogen (secondary N) is 1. The largest absolute Gasteiger partial charge is 0.493 e. The monoisotopic (exact) mass is 633 g/mol. The van der Waals surface area contributed by atoms with E-state index in [9.17, 15) is 14.7 Å². The van der Waals surface area contributed by atoms with Crippen LogP contribution in [0.1, 0.15) is 72.9 Å². The second kappa shape index (κ2) is 17.5. The molecule has 0 bridgehead atoms. The van der Waals surface area contributed by atoms with Crippen LogP contribution in [0.4, 0.5) is 0 Å². The number of hydrogen-bond acceptors (Lipinski definition) is 5. The van der Waals surface area contributed by atoms with E-state index in [0.29, 0.717) is 42.2 Å². The first kappa shape index (κ1) is 33.9. The Morgan fingerprint density at radius 2 is 1.49 bits per heavy atom. The zero-order valence-electron chi connectivity index (χ0n) is 27.4. The van der Waals surface area contributed by atoms with Crippen molar-refractivity contribution in [1.29, 1.82) is 0 Å². The Morgan fingerprint density at radius 3 is 2.21 bits per heavy atom. The van der Waals surface area contributed by atoms with Crippen molar-refractivity contribution in [2.24, 2.45) is 11.8 Å². The summed E-state index contributed by atoms with van der Waals surface area (Å²) in [6.07, 6.45) is 6.21. The van der Waals surface area contributed by atoms with Gasteiger partial charge in [0.2, 0.25) is 5.91 Å². The van der Waals surface area contributed by atoms with Crippen molar-refractivity contribution in [2.75, 3.05) is 6.61 Å². The van der Waals surface area contributed by atoms with Crippen LogP contribution in [0.15, 0.2) is 109 Å². The van der Waals surface area contributed by atoms with Crippen molar-refractivity contribution < 1.29 is 24.2 Å². The highest BCUT2D eigenvalue weighted by molar-refractivity contribution is 5.96. The van der Waals surface area contributed by atoms with Gasteiger partial charge in [-0.25, -0.2) is 0 Å². The summed E-state index contributed by atoms with van der Waals surface area (Å²) in [6.45, 7) is 2.26. The van der Waals surface area contributed by atoms with E-state index >= 15 is 0 Å².